The smallest absolute Gasteiger partial charge is 0.414 e. The van der Waals surface area contributed by atoms with Gasteiger partial charge in [-0.15, -0.1) is 0 Å². The fraction of sp³-hybridized carbons (Fsp3) is 0.263. The third kappa shape index (κ3) is 8.10. The highest BCUT2D eigenvalue weighted by Crippen LogP contribution is 2.22. The van der Waals surface area contributed by atoms with E-state index in [1.165, 1.54) is 5.56 Å². The van der Waals surface area contributed by atoms with E-state index in [0.717, 1.165) is 35.9 Å². The van der Waals surface area contributed by atoms with Crippen LogP contribution >= 0.6 is 0 Å². The van der Waals surface area contributed by atoms with Gasteiger partial charge in [0.1, 0.15) is 17.2 Å². The number of benzene rings is 2. The number of nitrogens with one attached hydrogen (secondary N) is 1. The molecule has 3 N–H and O–H groups in total. The van der Waals surface area contributed by atoms with Crippen molar-refractivity contribution in [3.8, 4) is 17.2 Å². The summed E-state index contributed by atoms with van der Waals surface area (Å²) in [5, 5.41) is 18.2. The SMILES string of the molecule is COc1cccc(CNCc2cc(OC)cc(OC)c2)c1.O=C(O)C(=O)O. The summed E-state index contributed by atoms with van der Waals surface area (Å²) < 4.78 is 15.8. The molecule has 8 nitrogen and oxygen atoms in total. The molecular formula is C19H23NO7. The number of methoxy groups -OCH3 is 3. The highest BCUT2D eigenvalue weighted by Gasteiger charge is 2.04. The maximum Gasteiger partial charge on any atom is 0.414 e. The number of hydrogen-bond donors (Lipinski definition) is 3. The van der Waals surface area contributed by atoms with Crippen molar-refractivity contribution in [3.63, 3.8) is 0 Å². The summed E-state index contributed by atoms with van der Waals surface area (Å²) in [6.07, 6.45) is 0. The predicted octanol–water partition coefficient (Wildman–Crippen LogP) is 2.16. The van der Waals surface area contributed by atoms with Gasteiger partial charge in [-0.3, -0.25) is 0 Å². The first-order chi connectivity index (χ1) is 12.9. The minimum atomic E-state index is -1.82. The summed E-state index contributed by atoms with van der Waals surface area (Å²) in [6.45, 7) is 1.52. The van der Waals surface area contributed by atoms with Gasteiger partial charge in [0.2, 0.25) is 0 Å². The molecule has 0 aliphatic carbocycles. The van der Waals surface area contributed by atoms with Crippen molar-refractivity contribution in [2.24, 2.45) is 0 Å². The van der Waals surface area contributed by atoms with E-state index in [-0.39, 0.29) is 0 Å². The molecule has 0 fully saturated rings. The topological polar surface area (TPSA) is 114 Å². The van der Waals surface area contributed by atoms with Gasteiger partial charge in [-0.05, 0) is 35.4 Å². The molecule has 146 valence electrons. The monoisotopic (exact) mass is 377 g/mol. The number of carbonyl (C=O) groups is 2. The maximum absolute atomic E-state index is 9.10. The van der Waals surface area contributed by atoms with E-state index in [1.807, 2.05) is 36.4 Å². The van der Waals surface area contributed by atoms with Gasteiger partial charge >= 0.3 is 11.9 Å². The Morgan fingerprint density at radius 1 is 0.778 bits per heavy atom. The zero-order chi connectivity index (χ0) is 20.2. The second kappa shape index (κ2) is 11.4. The second-order valence-corrected chi connectivity index (χ2v) is 5.29. The molecule has 0 amide bonds. The van der Waals surface area contributed by atoms with Crippen molar-refractivity contribution in [1.29, 1.82) is 0 Å². The van der Waals surface area contributed by atoms with E-state index in [1.54, 1.807) is 21.3 Å². The lowest BCUT2D eigenvalue weighted by Crippen LogP contribution is -2.12. The van der Waals surface area contributed by atoms with Gasteiger partial charge in [-0.25, -0.2) is 9.59 Å². The van der Waals surface area contributed by atoms with Crippen LogP contribution in [0.2, 0.25) is 0 Å². The Kier molecular flexibility index (Phi) is 9.18. The molecule has 2 aromatic rings. The van der Waals surface area contributed by atoms with E-state index in [9.17, 15) is 0 Å². The molecule has 2 aromatic carbocycles. The van der Waals surface area contributed by atoms with E-state index in [2.05, 4.69) is 11.4 Å². The Hall–Kier alpha value is -3.26. The summed E-state index contributed by atoms with van der Waals surface area (Å²) in [6, 6.07) is 13.9. The number of rotatable bonds is 7. The van der Waals surface area contributed by atoms with Crippen LogP contribution in [0.25, 0.3) is 0 Å². The number of ether oxygens (including phenoxy) is 3. The van der Waals surface area contributed by atoms with Crippen molar-refractivity contribution in [1.82, 2.24) is 5.32 Å². The number of carboxylic acid groups (broad SMARTS) is 2. The Morgan fingerprint density at radius 2 is 1.26 bits per heavy atom. The van der Waals surface area contributed by atoms with E-state index in [0.29, 0.717) is 0 Å². The first-order valence-electron chi connectivity index (χ1n) is 7.91. The molecule has 0 aliphatic rings. The van der Waals surface area contributed by atoms with Crippen molar-refractivity contribution in [3.05, 3.63) is 53.6 Å². The predicted molar refractivity (Wildman–Crippen MR) is 98.4 cm³/mol. The molecule has 0 radical (unpaired) electrons. The molecule has 0 atom stereocenters. The first kappa shape index (κ1) is 21.8. The average Bonchev–Trinajstić information content (AvgIpc) is 2.68. The third-order valence-corrected chi connectivity index (χ3v) is 3.39. The van der Waals surface area contributed by atoms with Gasteiger partial charge < -0.3 is 29.7 Å². The summed E-state index contributed by atoms with van der Waals surface area (Å²) >= 11 is 0. The highest BCUT2D eigenvalue weighted by molar-refractivity contribution is 6.27. The minimum Gasteiger partial charge on any atom is -0.497 e. The molecule has 0 aliphatic heterocycles. The fourth-order valence-corrected chi connectivity index (χ4v) is 2.10. The molecule has 0 saturated carbocycles. The molecule has 0 heterocycles. The second-order valence-electron chi connectivity index (χ2n) is 5.29. The molecule has 2 rings (SSSR count). The zero-order valence-corrected chi connectivity index (χ0v) is 15.4. The van der Waals surface area contributed by atoms with Crippen LogP contribution in [0.3, 0.4) is 0 Å². The third-order valence-electron chi connectivity index (χ3n) is 3.39. The summed E-state index contributed by atoms with van der Waals surface area (Å²) in [4.78, 5) is 18.2. The number of hydrogen-bond acceptors (Lipinski definition) is 6. The fourth-order valence-electron chi connectivity index (χ4n) is 2.10. The van der Waals surface area contributed by atoms with Crippen LogP contribution in [-0.4, -0.2) is 43.5 Å². The van der Waals surface area contributed by atoms with E-state index < -0.39 is 11.9 Å². The van der Waals surface area contributed by atoms with Crippen LogP contribution in [-0.2, 0) is 22.7 Å². The lowest BCUT2D eigenvalue weighted by atomic mass is 10.1. The molecule has 8 heteroatoms. The van der Waals surface area contributed by atoms with Crippen molar-refractivity contribution in [2.75, 3.05) is 21.3 Å². The molecule has 0 aromatic heterocycles. The highest BCUT2D eigenvalue weighted by atomic mass is 16.5. The van der Waals surface area contributed by atoms with Crippen molar-refractivity contribution < 1.29 is 34.0 Å². The van der Waals surface area contributed by atoms with E-state index in [4.69, 9.17) is 34.0 Å². The quantitative estimate of drug-likeness (QED) is 0.629. The lowest BCUT2D eigenvalue weighted by Gasteiger charge is -2.10. The zero-order valence-electron chi connectivity index (χ0n) is 15.4. The lowest BCUT2D eigenvalue weighted by molar-refractivity contribution is -0.159. The summed E-state index contributed by atoms with van der Waals surface area (Å²) in [5.41, 5.74) is 2.30. The van der Waals surface area contributed by atoms with Crippen LogP contribution in [0.1, 0.15) is 11.1 Å². The summed E-state index contributed by atoms with van der Waals surface area (Å²) in [7, 11) is 4.99. The Bertz CT molecular complexity index is 727. The standard InChI is InChI=1S/C17H21NO3.C2H2O4/c1-19-15-6-4-5-13(7-15)11-18-12-14-8-16(20-2)10-17(9-14)21-3;3-1(4)2(5)6/h4-10,18H,11-12H2,1-3H3;(H,3,4)(H,5,6). The molecular weight excluding hydrogens is 354 g/mol. The van der Waals surface area contributed by atoms with Crippen LogP contribution in [0, 0.1) is 0 Å². The van der Waals surface area contributed by atoms with Gasteiger partial charge in [-0.1, -0.05) is 12.1 Å². The Labute approximate surface area is 157 Å². The van der Waals surface area contributed by atoms with Crippen molar-refractivity contribution in [2.45, 2.75) is 13.1 Å². The van der Waals surface area contributed by atoms with Gasteiger partial charge in [0.05, 0.1) is 21.3 Å². The van der Waals surface area contributed by atoms with Crippen LogP contribution in [0.5, 0.6) is 17.2 Å². The molecule has 0 bridgehead atoms. The largest absolute Gasteiger partial charge is 0.497 e. The molecule has 27 heavy (non-hydrogen) atoms. The van der Waals surface area contributed by atoms with Gasteiger partial charge in [0.25, 0.3) is 0 Å². The first-order valence-corrected chi connectivity index (χ1v) is 7.91. The number of carboxylic acids is 2. The van der Waals surface area contributed by atoms with Gasteiger partial charge in [-0.2, -0.15) is 0 Å². The van der Waals surface area contributed by atoms with Crippen molar-refractivity contribution >= 4 is 11.9 Å². The molecule has 0 unspecified atom stereocenters. The normalized spacial score (nSPS) is 9.59. The minimum absolute atomic E-state index is 0.741. The van der Waals surface area contributed by atoms with Crippen LogP contribution in [0.4, 0.5) is 0 Å². The van der Waals surface area contributed by atoms with Gasteiger partial charge in [0.15, 0.2) is 0 Å². The maximum atomic E-state index is 9.10. The average molecular weight is 377 g/mol. The Balaban J connectivity index is 0.000000527. The Morgan fingerprint density at radius 3 is 1.74 bits per heavy atom. The molecule has 0 saturated heterocycles. The van der Waals surface area contributed by atoms with Gasteiger partial charge in [0, 0.05) is 19.2 Å². The van der Waals surface area contributed by atoms with Crippen LogP contribution in [0.15, 0.2) is 42.5 Å². The summed E-state index contributed by atoms with van der Waals surface area (Å²) in [5.74, 6) is -1.18. The van der Waals surface area contributed by atoms with Crippen LogP contribution < -0.4 is 19.5 Å². The van der Waals surface area contributed by atoms with E-state index >= 15 is 0 Å². The number of aliphatic carboxylic acids is 2. The molecule has 0 spiro atoms.